The first-order chi connectivity index (χ1) is 10.8. The highest BCUT2D eigenvalue weighted by molar-refractivity contribution is 7.92. The minimum atomic E-state index is -3.97. The van der Waals surface area contributed by atoms with Gasteiger partial charge >= 0.3 is 11.9 Å². The van der Waals surface area contributed by atoms with Gasteiger partial charge in [-0.3, -0.25) is 4.72 Å². The number of carbonyl (C=O) groups excluding carboxylic acids is 1. The summed E-state index contributed by atoms with van der Waals surface area (Å²) in [7, 11) is -2.78. The molecule has 0 saturated heterocycles. The van der Waals surface area contributed by atoms with E-state index in [2.05, 4.69) is 9.46 Å². The molecule has 0 bridgehead atoms. The van der Waals surface area contributed by atoms with Gasteiger partial charge in [-0.25, -0.2) is 18.0 Å². The van der Waals surface area contributed by atoms with E-state index in [0.29, 0.717) is 0 Å². The number of carboxylic acids is 1. The van der Waals surface area contributed by atoms with Gasteiger partial charge in [0.25, 0.3) is 10.0 Å². The minimum Gasteiger partial charge on any atom is -0.478 e. The van der Waals surface area contributed by atoms with Crippen molar-refractivity contribution < 1.29 is 27.9 Å². The maximum absolute atomic E-state index is 12.3. The molecule has 0 aliphatic carbocycles. The molecule has 2 aromatic carbocycles. The van der Waals surface area contributed by atoms with Crippen LogP contribution in [0.15, 0.2) is 53.4 Å². The van der Waals surface area contributed by atoms with E-state index in [0.717, 1.165) is 0 Å². The molecule has 0 radical (unpaired) electrons. The van der Waals surface area contributed by atoms with Gasteiger partial charge in [-0.1, -0.05) is 12.1 Å². The van der Waals surface area contributed by atoms with E-state index in [1.54, 1.807) is 0 Å². The fourth-order valence-electron chi connectivity index (χ4n) is 1.84. The van der Waals surface area contributed by atoms with E-state index in [1.165, 1.54) is 55.6 Å². The number of hydrogen-bond acceptors (Lipinski definition) is 5. The summed E-state index contributed by atoms with van der Waals surface area (Å²) in [5.41, 5.74) is 0.150. The predicted octanol–water partition coefficient (Wildman–Crippen LogP) is 1.97. The van der Waals surface area contributed by atoms with E-state index >= 15 is 0 Å². The highest BCUT2D eigenvalue weighted by atomic mass is 32.2. The average Bonchev–Trinajstić information content (AvgIpc) is 2.54. The fourth-order valence-corrected chi connectivity index (χ4v) is 2.93. The molecular weight excluding hydrogens is 322 g/mol. The summed E-state index contributed by atoms with van der Waals surface area (Å²) in [6.07, 6.45) is 0. The van der Waals surface area contributed by atoms with Crippen molar-refractivity contribution in [1.82, 2.24) is 0 Å². The predicted molar refractivity (Wildman–Crippen MR) is 82.0 cm³/mol. The average molecular weight is 335 g/mol. The summed E-state index contributed by atoms with van der Waals surface area (Å²) < 4.78 is 31.5. The number of ether oxygens (including phenoxy) is 1. The zero-order valence-corrected chi connectivity index (χ0v) is 12.8. The first-order valence-electron chi connectivity index (χ1n) is 6.38. The van der Waals surface area contributed by atoms with Crippen molar-refractivity contribution in [3.05, 3.63) is 59.7 Å². The number of esters is 1. The van der Waals surface area contributed by atoms with Crippen molar-refractivity contribution in [2.75, 3.05) is 11.8 Å². The van der Waals surface area contributed by atoms with Gasteiger partial charge in [-0.15, -0.1) is 0 Å². The Morgan fingerprint density at radius 3 is 2.35 bits per heavy atom. The molecule has 0 fully saturated rings. The number of aromatic carboxylic acids is 1. The standard InChI is InChI=1S/C15H13NO6S/c1-22-15(19)11-5-3-7-13(9-11)23(20,21)16-12-6-2-4-10(8-12)14(17)18/h2-9,16H,1H3,(H,17,18). The lowest BCUT2D eigenvalue weighted by molar-refractivity contribution is 0.0599. The van der Waals surface area contributed by atoms with Crippen LogP contribution in [0.4, 0.5) is 5.69 Å². The van der Waals surface area contributed by atoms with Crippen LogP contribution in [0.5, 0.6) is 0 Å². The van der Waals surface area contributed by atoms with Gasteiger partial charge in [-0.05, 0) is 36.4 Å². The van der Waals surface area contributed by atoms with Gasteiger partial charge in [0, 0.05) is 5.69 Å². The number of carbonyl (C=O) groups is 2. The van der Waals surface area contributed by atoms with Crippen LogP contribution in [0.25, 0.3) is 0 Å². The number of rotatable bonds is 5. The molecule has 0 saturated carbocycles. The van der Waals surface area contributed by atoms with Crippen molar-refractivity contribution in [3.63, 3.8) is 0 Å². The molecule has 23 heavy (non-hydrogen) atoms. The Labute approximate surface area is 132 Å². The summed E-state index contributed by atoms with van der Waals surface area (Å²) in [6.45, 7) is 0. The van der Waals surface area contributed by atoms with Crippen molar-refractivity contribution in [1.29, 1.82) is 0 Å². The molecule has 2 N–H and O–H groups in total. The van der Waals surface area contributed by atoms with E-state index in [1.807, 2.05) is 0 Å². The molecule has 8 heteroatoms. The zero-order chi connectivity index (χ0) is 17.0. The first kappa shape index (κ1) is 16.5. The second kappa shape index (κ2) is 6.49. The topological polar surface area (TPSA) is 110 Å². The van der Waals surface area contributed by atoms with Gasteiger partial charge in [0.1, 0.15) is 0 Å². The molecule has 0 aliphatic heterocycles. The van der Waals surface area contributed by atoms with Gasteiger partial charge < -0.3 is 9.84 Å². The summed E-state index contributed by atoms with van der Waals surface area (Å²) in [5.74, 6) is -1.83. The number of benzene rings is 2. The van der Waals surface area contributed by atoms with Crippen LogP contribution < -0.4 is 4.72 Å². The Bertz CT molecular complexity index is 860. The number of anilines is 1. The Hall–Kier alpha value is -2.87. The van der Waals surface area contributed by atoms with E-state index in [9.17, 15) is 18.0 Å². The van der Waals surface area contributed by atoms with E-state index < -0.39 is 22.0 Å². The number of carboxylic acid groups (broad SMARTS) is 1. The molecule has 0 atom stereocenters. The molecule has 120 valence electrons. The normalized spacial score (nSPS) is 10.8. The lowest BCUT2D eigenvalue weighted by atomic mass is 10.2. The van der Waals surface area contributed by atoms with E-state index in [-0.39, 0.29) is 21.7 Å². The quantitative estimate of drug-likeness (QED) is 0.809. The molecule has 0 spiro atoms. The molecule has 2 aromatic rings. The number of methoxy groups -OCH3 is 1. The first-order valence-corrected chi connectivity index (χ1v) is 7.86. The molecule has 2 rings (SSSR count). The molecule has 0 heterocycles. The SMILES string of the molecule is COC(=O)c1cccc(S(=O)(=O)Nc2cccc(C(=O)O)c2)c1. The molecule has 0 aliphatic rings. The fraction of sp³-hybridized carbons (Fsp3) is 0.0667. The Morgan fingerprint density at radius 2 is 1.70 bits per heavy atom. The maximum Gasteiger partial charge on any atom is 0.337 e. The molecular formula is C15H13NO6S. The van der Waals surface area contributed by atoms with Crippen LogP contribution in [0.3, 0.4) is 0 Å². The molecule has 0 unspecified atom stereocenters. The smallest absolute Gasteiger partial charge is 0.337 e. The Morgan fingerprint density at radius 1 is 1.04 bits per heavy atom. The molecule has 7 nitrogen and oxygen atoms in total. The van der Waals surface area contributed by atoms with Crippen molar-refractivity contribution in [2.24, 2.45) is 0 Å². The Balaban J connectivity index is 2.34. The van der Waals surface area contributed by atoms with Crippen molar-refractivity contribution in [2.45, 2.75) is 4.90 Å². The van der Waals surface area contributed by atoms with Crippen LogP contribution in [-0.4, -0.2) is 32.6 Å². The monoisotopic (exact) mass is 335 g/mol. The number of hydrogen-bond donors (Lipinski definition) is 2. The van der Waals surface area contributed by atoms with Gasteiger partial charge in [0.15, 0.2) is 0 Å². The summed E-state index contributed by atoms with van der Waals surface area (Å²) in [4.78, 5) is 22.2. The number of nitrogens with one attached hydrogen (secondary N) is 1. The minimum absolute atomic E-state index is 0.0477. The highest BCUT2D eigenvalue weighted by Crippen LogP contribution is 2.18. The third kappa shape index (κ3) is 3.86. The van der Waals surface area contributed by atoms with Crippen molar-refractivity contribution >= 4 is 27.6 Å². The van der Waals surface area contributed by atoms with Gasteiger partial charge in [0.05, 0.1) is 23.1 Å². The van der Waals surface area contributed by atoms with E-state index in [4.69, 9.17) is 5.11 Å². The maximum atomic E-state index is 12.3. The van der Waals surface area contributed by atoms with Crippen LogP contribution in [0.1, 0.15) is 20.7 Å². The third-order valence-electron chi connectivity index (χ3n) is 2.93. The second-order valence-corrected chi connectivity index (χ2v) is 6.19. The summed E-state index contributed by atoms with van der Waals surface area (Å²) in [6, 6.07) is 10.7. The van der Waals surface area contributed by atoms with Gasteiger partial charge in [-0.2, -0.15) is 0 Å². The lowest BCUT2D eigenvalue weighted by Gasteiger charge is -2.09. The second-order valence-electron chi connectivity index (χ2n) is 4.51. The van der Waals surface area contributed by atoms with Gasteiger partial charge in [0.2, 0.25) is 0 Å². The Kier molecular flexibility index (Phi) is 4.65. The van der Waals surface area contributed by atoms with Crippen LogP contribution in [-0.2, 0) is 14.8 Å². The van der Waals surface area contributed by atoms with Crippen LogP contribution >= 0.6 is 0 Å². The van der Waals surface area contributed by atoms with Crippen LogP contribution in [0.2, 0.25) is 0 Å². The van der Waals surface area contributed by atoms with Crippen molar-refractivity contribution in [3.8, 4) is 0 Å². The largest absolute Gasteiger partial charge is 0.478 e. The third-order valence-corrected chi connectivity index (χ3v) is 4.31. The summed E-state index contributed by atoms with van der Waals surface area (Å²) >= 11 is 0. The highest BCUT2D eigenvalue weighted by Gasteiger charge is 2.17. The number of sulfonamides is 1. The zero-order valence-electron chi connectivity index (χ0n) is 12.0. The van der Waals surface area contributed by atoms with Crippen LogP contribution in [0, 0.1) is 0 Å². The summed E-state index contributed by atoms with van der Waals surface area (Å²) in [5, 5.41) is 8.92. The lowest BCUT2D eigenvalue weighted by Crippen LogP contribution is -2.14. The molecule has 0 amide bonds. The molecule has 0 aromatic heterocycles.